The molecule has 0 unspecified atom stereocenters. The van der Waals surface area contributed by atoms with E-state index in [0.29, 0.717) is 22.1 Å². The molecule has 0 radical (unpaired) electrons. The van der Waals surface area contributed by atoms with Crippen molar-refractivity contribution in [3.8, 4) is 0 Å². The summed E-state index contributed by atoms with van der Waals surface area (Å²) in [5.41, 5.74) is 1.37. The number of rotatable bonds is 4. The highest BCUT2D eigenvalue weighted by Crippen LogP contribution is 2.32. The lowest BCUT2D eigenvalue weighted by molar-refractivity contribution is 0.640. The van der Waals surface area contributed by atoms with Gasteiger partial charge in [0.05, 0.1) is 5.69 Å². The molecule has 5 aromatic rings. The van der Waals surface area contributed by atoms with Gasteiger partial charge in [0.1, 0.15) is 17.2 Å². The van der Waals surface area contributed by atoms with E-state index < -0.39 is 10.9 Å². The SMILES string of the molecule is O=c1c(Nc2c[nH]c3ccccc23)c(Nc2ccc(F)c3ccccc23)c1=O. The minimum Gasteiger partial charge on any atom is -0.359 e. The number of aromatic amines is 1. The van der Waals surface area contributed by atoms with Crippen molar-refractivity contribution in [1.82, 2.24) is 4.98 Å². The molecular formula is C22H14FN3O2. The first-order chi connectivity index (χ1) is 13.6. The Morgan fingerprint density at radius 1 is 0.679 bits per heavy atom. The van der Waals surface area contributed by atoms with E-state index in [1.807, 2.05) is 24.3 Å². The Morgan fingerprint density at radius 3 is 2.04 bits per heavy atom. The molecule has 136 valence electrons. The molecule has 4 aromatic carbocycles. The van der Waals surface area contributed by atoms with E-state index in [1.165, 1.54) is 6.07 Å². The van der Waals surface area contributed by atoms with Gasteiger partial charge in [-0.2, -0.15) is 0 Å². The maximum atomic E-state index is 14.0. The summed E-state index contributed by atoms with van der Waals surface area (Å²) in [6, 6.07) is 17.5. The molecule has 0 spiro atoms. The lowest BCUT2D eigenvalue weighted by atomic mass is 10.1. The highest BCUT2D eigenvalue weighted by atomic mass is 19.1. The summed E-state index contributed by atoms with van der Waals surface area (Å²) in [5, 5.41) is 8.05. The number of aromatic nitrogens is 1. The molecule has 5 nitrogen and oxygen atoms in total. The van der Waals surface area contributed by atoms with Crippen molar-refractivity contribution in [2.24, 2.45) is 0 Å². The summed E-state index contributed by atoms with van der Waals surface area (Å²) in [6.45, 7) is 0. The van der Waals surface area contributed by atoms with E-state index in [9.17, 15) is 14.0 Å². The molecule has 0 saturated carbocycles. The third-order valence-electron chi connectivity index (χ3n) is 4.89. The average Bonchev–Trinajstić information content (AvgIpc) is 3.15. The van der Waals surface area contributed by atoms with Crippen LogP contribution in [0.15, 0.2) is 76.4 Å². The molecule has 0 amide bonds. The van der Waals surface area contributed by atoms with E-state index >= 15 is 0 Å². The molecular weight excluding hydrogens is 357 g/mol. The summed E-state index contributed by atoms with van der Waals surface area (Å²) in [7, 11) is 0. The van der Waals surface area contributed by atoms with Crippen LogP contribution in [0.5, 0.6) is 0 Å². The van der Waals surface area contributed by atoms with Gasteiger partial charge in [-0.3, -0.25) is 9.59 Å². The lowest BCUT2D eigenvalue weighted by Crippen LogP contribution is -2.35. The number of halogens is 1. The van der Waals surface area contributed by atoms with E-state index in [0.717, 1.165) is 10.9 Å². The van der Waals surface area contributed by atoms with Crippen molar-refractivity contribution in [3.63, 3.8) is 0 Å². The first kappa shape index (κ1) is 16.3. The Bertz CT molecular complexity index is 1430. The van der Waals surface area contributed by atoms with Crippen LogP contribution < -0.4 is 21.5 Å². The van der Waals surface area contributed by atoms with Crippen molar-refractivity contribution < 1.29 is 4.39 Å². The number of fused-ring (bicyclic) bond motifs is 2. The average molecular weight is 371 g/mol. The summed E-state index contributed by atoms with van der Waals surface area (Å²) >= 11 is 0. The van der Waals surface area contributed by atoms with Gasteiger partial charge >= 0.3 is 0 Å². The van der Waals surface area contributed by atoms with Crippen LogP contribution in [0.25, 0.3) is 21.7 Å². The van der Waals surface area contributed by atoms with Crippen molar-refractivity contribution in [3.05, 3.63) is 93.1 Å². The molecule has 0 aliphatic rings. The molecule has 3 N–H and O–H groups in total. The van der Waals surface area contributed by atoms with Crippen LogP contribution in [0.2, 0.25) is 0 Å². The van der Waals surface area contributed by atoms with Gasteiger partial charge in [0.2, 0.25) is 0 Å². The predicted molar refractivity (Wildman–Crippen MR) is 110 cm³/mol. The normalized spacial score (nSPS) is 11.3. The van der Waals surface area contributed by atoms with E-state index in [1.54, 1.807) is 36.5 Å². The molecule has 0 saturated heterocycles. The van der Waals surface area contributed by atoms with Crippen molar-refractivity contribution in [1.29, 1.82) is 0 Å². The van der Waals surface area contributed by atoms with Crippen LogP contribution >= 0.6 is 0 Å². The molecule has 1 aromatic heterocycles. The molecule has 5 rings (SSSR count). The van der Waals surface area contributed by atoms with Gasteiger partial charge in [0, 0.05) is 33.6 Å². The van der Waals surface area contributed by atoms with Gasteiger partial charge in [0.15, 0.2) is 0 Å². The Kier molecular flexibility index (Phi) is 3.52. The highest BCUT2D eigenvalue weighted by molar-refractivity contribution is 5.99. The summed E-state index contributed by atoms with van der Waals surface area (Å²) in [5.74, 6) is -0.344. The van der Waals surface area contributed by atoms with E-state index in [-0.39, 0.29) is 17.2 Å². The third-order valence-corrected chi connectivity index (χ3v) is 4.89. The van der Waals surface area contributed by atoms with Crippen LogP contribution in [0.3, 0.4) is 0 Å². The van der Waals surface area contributed by atoms with E-state index in [4.69, 9.17) is 0 Å². The molecule has 0 aliphatic carbocycles. The minimum atomic E-state index is -0.601. The van der Waals surface area contributed by atoms with Crippen LogP contribution in [0.1, 0.15) is 0 Å². The van der Waals surface area contributed by atoms with Crippen LogP contribution in [0.4, 0.5) is 27.1 Å². The van der Waals surface area contributed by atoms with Crippen molar-refractivity contribution >= 4 is 44.4 Å². The minimum absolute atomic E-state index is 0.173. The molecule has 1 heterocycles. The Hall–Kier alpha value is -3.93. The molecule has 0 bridgehead atoms. The van der Waals surface area contributed by atoms with Crippen LogP contribution in [-0.4, -0.2) is 4.98 Å². The molecule has 6 heteroatoms. The Labute approximate surface area is 158 Å². The van der Waals surface area contributed by atoms with Gasteiger partial charge in [0.25, 0.3) is 10.9 Å². The van der Waals surface area contributed by atoms with Gasteiger partial charge in [-0.15, -0.1) is 0 Å². The van der Waals surface area contributed by atoms with Gasteiger partial charge in [-0.1, -0.05) is 42.5 Å². The second-order valence-electron chi connectivity index (χ2n) is 6.55. The first-order valence-electron chi connectivity index (χ1n) is 8.74. The van der Waals surface area contributed by atoms with Gasteiger partial charge in [-0.25, -0.2) is 4.39 Å². The zero-order valence-corrected chi connectivity index (χ0v) is 14.5. The number of anilines is 4. The maximum Gasteiger partial charge on any atom is 0.253 e. The van der Waals surface area contributed by atoms with Crippen molar-refractivity contribution in [2.75, 3.05) is 10.6 Å². The molecule has 28 heavy (non-hydrogen) atoms. The first-order valence-corrected chi connectivity index (χ1v) is 8.74. The zero-order chi connectivity index (χ0) is 19.3. The number of H-pyrrole nitrogens is 1. The lowest BCUT2D eigenvalue weighted by Gasteiger charge is -2.16. The number of hydrogen-bond donors (Lipinski definition) is 3. The molecule has 0 atom stereocenters. The summed E-state index contributed by atoms with van der Waals surface area (Å²) in [6.07, 6.45) is 1.75. The second kappa shape index (κ2) is 6.06. The maximum absolute atomic E-state index is 14.0. The largest absolute Gasteiger partial charge is 0.359 e. The topological polar surface area (TPSA) is 74.0 Å². The zero-order valence-electron chi connectivity index (χ0n) is 14.5. The number of benzene rings is 3. The van der Waals surface area contributed by atoms with Crippen LogP contribution in [0, 0.1) is 5.82 Å². The number of para-hydroxylation sites is 1. The fourth-order valence-electron chi connectivity index (χ4n) is 3.45. The Balaban J connectivity index is 1.55. The standard InChI is InChI=1S/C22H14FN3O2/c23-15-9-10-17(13-6-2-1-5-12(13)15)25-19-20(22(28)21(19)27)26-18-11-24-16-8-4-3-7-14(16)18/h1-11,24-26H. The third kappa shape index (κ3) is 2.39. The summed E-state index contributed by atoms with van der Waals surface area (Å²) < 4.78 is 14.0. The quantitative estimate of drug-likeness (QED) is 0.406. The fourth-order valence-corrected chi connectivity index (χ4v) is 3.45. The molecule has 0 fully saturated rings. The smallest absolute Gasteiger partial charge is 0.253 e. The summed E-state index contributed by atoms with van der Waals surface area (Å²) in [4.78, 5) is 27.5. The number of hydrogen-bond acceptors (Lipinski definition) is 4. The van der Waals surface area contributed by atoms with Gasteiger partial charge in [-0.05, 0) is 18.2 Å². The predicted octanol–water partition coefficient (Wildman–Crippen LogP) is 4.54. The van der Waals surface area contributed by atoms with E-state index in [2.05, 4.69) is 15.6 Å². The molecule has 0 aliphatic heterocycles. The van der Waals surface area contributed by atoms with Crippen molar-refractivity contribution in [2.45, 2.75) is 0 Å². The van der Waals surface area contributed by atoms with Gasteiger partial charge < -0.3 is 15.6 Å². The fraction of sp³-hybridized carbons (Fsp3) is 0. The van der Waals surface area contributed by atoms with Crippen LogP contribution in [-0.2, 0) is 0 Å². The second-order valence-corrected chi connectivity index (χ2v) is 6.55. The Morgan fingerprint density at radius 2 is 1.29 bits per heavy atom. The number of nitrogens with one attached hydrogen (secondary N) is 3. The monoisotopic (exact) mass is 371 g/mol. The highest BCUT2D eigenvalue weighted by Gasteiger charge is 2.22.